The number of aromatic hydroxyl groups is 2. The molecule has 13 rings (SSSR count). The zero-order valence-corrected chi connectivity index (χ0v) is 54.1. The molecule has 4 aromatic rings. The number of allylic oxidation sites excluding steroid dienone is 2. The van der Waals surface area contributed by atoms with E-state index in [1.807, 2.05) is 58.8 Å². The zero-order chi connectivity index (χ0) is 61.1. The molecule has 16 heteroatoms. The zero-order valence-electron chi connectivity index (χ0n) is 52.5. The number of nitrogens with one attached hydrogen (secondary N) is 3. The highest BCUT2D eigenvalue weighted by Gasteiger charge is 2.65. The van der Waals surface area contributed by atoms with Crippen molar-refractivity contribution in [1.82, 2.24) is 15.6 Å². The number of phenolic OH excluding ortho intramolecular Hbond substituents is 2. The van der Waals surface area contributed by atoms with Crippen molar-refractivity contribution in [1.29, 1.82) is 0 Å². The highest BCUT2D eigenvalue weighted by molar-refractivity contribution is 8.76. The lowest BCUT2D eigenvalue weighted by Gasteiger charge is -2.53. The van der Waals surface area contributed by atoms with Gasteiger partial charge in [-0.1, -0.05) is 91.0 Å². The largest absolute Gasteiger partial charge is 0.508 e. The number of H-pyrrole nitrogens is 1. The number of aliphatic hydroxyl groups excluding tert-OH is 4. The van der Waals surface area contributed by atoms with Gasteiger partial charge in [-0.15, -0.1) is 0 Å². The third-order valence-corrected chi connectivity index (χ3v) is 26.1. The molecule has 6 fully saturated rings. The maximum atomic E-state index is 12.0. The van der Waals surface area contributed by atoms with Gasteiger partial charge in [0, 0.05) is 89.8 Å². The Morgan fingerprint density at radius 2 is 1.72 bits per heavy atom. The van der Waals surface area contributed by atoms with Gasteiger partial charge < -0.3 is 66.9 Å². The summed E-state index contributed by atoms with van der Waals surface area (Å²) in [5.74, 6) is 9.67. The van der Waals surface area contributed by atoms with E-state index in [1.54, 1.807) is 12.1 Å². The smallest absolute Gasteiger partial charge is 0.189 e. The summed E-state index contributed by atoms with van der Waals surface area (Å²) in [6.45, 7) is 4.70. The van der Waals surface area contributed by atoms with Crippen molar-refractivity contribution in [2.45, 2.75) is 222 Å². The molecular formula is C72H104N6O8S2. The average Bonchev–Trinajstić information content (AvgIpc) is 1.55. The second kappa shape index (κ2) is 28.4. The SMILES string of the molecule is CC(O)CNC(CCCO)C1c2cc(C(O)COc3cc(CCc4cc(CO)c(CCC5CCC6C7CSSCC(N=C(N)NC8CCCC(c9cccc(O)c9)C8)C(C)CCC6C(C5)CC7N)o4)ccc3O)[nH]c2C2C=CC13CCCC3C21CCCC1. The van der Waals surface area contributed by atoms with Crippen LogP contribution in [0.15, 0.2) is 76.2 Å². The van der Waals surface area contributed by atoms with Gasteiger partial charge in [-0.25, -0.2) is 4.99 Å². The first-order valence-corrected chi connectivity index (χ1v) is 36.9. The maximum Gasteiger partial charge on any atom is 0.189 e. The molecule has 1 saturated heterocycles. The number of guanidine groups is 1. The van der Waals surface area contributed by atoms with Crippen LogP contribution in [0.2, 0.25) is 0 Å². The van der Waals surface area contributed by atoms with Crippen molar-refractivity contribution in [3.63, 3.8) is 0 Å². The fourth-order valence-electron chi connectivity index (χ4n) is 19.5. The maximum absolute atomic E-state index is 12.0. The Labute approximate surface area is 531 Å². The van der Waals surface area contributed by atoms with Gasteiger partial charge in [0.15, 0.2) is 17.5 Å². The number of aliphatic imine (C=N–C) groups is 1. The van der Waals surface area contributed by atoms with Gasteiger partial charge in [0.1, 0.15) is 30.0 Å². The minimum atomic E-state index is -0.970. The number of nitrogens with zero attached hydrogens (tertiary/aromatic N) is 1. The van der Waals surface area contributed by atoms with Crippen LogP contribution in [0.4, 0.5) is 0 Å². The van der Waals surface area contributed by atoms with Crippen LogP contribution in [0.5, 0.6) is 17.2 Å². The Kier molecular flexibility index (Phi) is 20.6. The second-order valence-electron chi connectivity index (χ2n) is 29.0. The minimum absolute atomic E-state index is 0.0201. The van der Waals surface area contributed by atoms with Crippen molar-refractivity contribution < 1.29 is 39.8 Å². The van der Waals surface area contributed by atoms with Crippen LogP contribution in [-0.2, 0) is 25.9 Å². The Morgan fingerprint density at radius 3 is 2.53 bits per heavy atom. The predicted molar refractivity (Wildman–Crippen MR) is 354 cm³/mol. The Morgan fingerprint density at radius 1 is 0.875 bits per heavy atom. The van der Waals surface area contributed by atoms with E-state index in [2.05, 4.69) is 46.8 Å². The van der Waals surface area contributed by atoms with E-state index in [4.69, 9.17) is 25.6 Å². The van der Waals surface area contributed by atoms with E-state index in [0.717, 1.165) is 104 Å². The van der Waals surface area contributed by atoms with Crippen molar-refractivity contribution in [3.05, 3.63) is 112 Å². The van der Waals surface area contributed by atoms with E-state index in [0.29, 0.717) is 90.6 Å². The topological polar surface area (TPSA) is 248 Å². The van der Waals surface area contributed by atoms with Gasteiger partial charge >= 0.3 is 0 Å². The first kappa shape index (κ1) is 64.0. The van der Waals surface area contributed by atoms with Crippen molar-refractivity contribution in [2.75, 3.05) is 31.3 Å². The summed E-state index contributed by atoms with van der Waals surface area (Å²) < 4.78 is 12.9. The molecule has 1 aliphatic heterocycles. The van der Waals surface area contributed by atoms with Gasteiger partial charge in [-0.2, -0.15) is 0 Å². The number of furan rings is 1. The molecule has 14 nitrogen and oxygen atoms in total. The number of aliphatic hydroxyl groups is 4. The number of phenols is 2. The van der Waals surface area contributed by atoms with Gasteiger partial charge in [0.25, 0.3) is 0 Å². The van der Waals surface area contributed by atoms with Crippen molar-refractivity contribution >= 4 is 27.5 Å². The highest BCUT2D eigenvalue weighted by atomic mass is 33.1. The summed E-state index contributed by atoms with van der Waals surface area (Å²) in [5.41, 5.74) is 20.3. The number of hydrogen-bond donors (Lipinski definition) is 11. The molecule has 13 N–H and O–H groups in total. The van der Waals surface area contributed by atoms with E-state index < -0.39 is 12.2 Å². The normalized spacial score (nSPS) is 33.0. The third-order valence-electron chi connectivity index (χ3n) is 23.7. The lowest BCUT2D eigenvalue weighted by atomic mass is 9.51. The molecule has 2 aromatic heterocycles. The number of hydrogen-bond acceptors (Lipinski definition) is 13. The number of aryl methyl sites for hydroxylation is 3. The lowest BCUT2D eigenvalue weighted by Crippen LogP contribution is -2.50. The number of aromatic amines is 1. The molecule has 88 heavy (non-hydrogen) atoms. The van der Waals surface area contributed by atoms with E-state index in [9.17, 15) is 30.6 Å². The van der Waals surface area contributed by atoms with Crippen LogP contribution in [-0.4, -0.2) is 103 Å². The van der Waals surface area contributed by atoms with Crippen LogP contribution < -0.4 is 26.8 Å². The molecule has 3 heterocycles. The lowest BCUT2D eigenvalue weighted by molar-refractivity contribution is 0.0338. The number of rotatable bonds is 21. The van der Waals surface area contributed by atoms with Gasteiger partial charge in [-0.05, 0) is 216 Å². The molecule has 0 amide bonds. The molecule has 482 valence electrons. The van der Waals surface area contributed by atoms with Gasteiger partial charge in [0.2, 0.25) is 0 Å². The average molecular weight is 1250 g/mol. The van der Waals surface area contributed by atoms with Crippen LogP contribution in [0.1, 0.15) is 211 Å². The molecule has 9 aliphatic rings. The quantitative estimate of drug-likeness (QED) is 0.0161. The van der Waals surface area contributed by atoms with Gasteiger partial charge in [0.05, 0.1) is 18.8 Å². The molecule has 17 unspecified atom stereocenters. The summed E-state index contributed by atoms with van der Waals surface area (Å²) >= 11 is 0. The predicted octanol–water partition coefficient (Wildman–Crippen LogP) is 12.4. The van der Waals surface area contributed by atoms with Crippen LogP contribution in [0, 0.1) is 52.3 Å². The molecule has 2 aromatic carbocycles. The second-order valence-corrected chi connectivity index (χ2v) is 31.5. The van der Waals surface area contributed by atoms with Crippen LogP contribution in [0.25, 0.3) is 0 Å². The molecule has 5 saturated carbocycles. The first-order chi connectivity index (χ1) is 42.7. The molecule has 0 radical (unpaired) electrons. The number of ether oxygens (including phenoxy) is 1. The summed E-state index contributed by atoms with van der Waals surface area (Å²) in [7, 11) is 3.95. The molecule has 2 spiro atoms. The third kappa shape index (κ3) is 13.7. The summed E-state index contributed by atoms with van der Waals surface area (Å²) in [4.78, 5) is 9.04. The molecule has 17 atom stereocenters. The summed E-state index contributed by atoms with van der Waals surface area (Å²) in [6.07, 6.45) is 27.9. The first-order valence-electron chi connectivity index (χ1n) is 34.4. The Bertz CT molecular complexity index is 3010. The fourth-order valence-corrected chi connectivity index (χ4v) is 22.3. The molecule has 6 bridgehead atoms. The summed E-state index contributed by atoms with van der Waals surface area (Å²) in [6, 6.07) is 18.1. The molecule has 8 aliphatic carbocycles. The van der Waals surface area contributed by atoms with Crippen LogP contribution in [0.3, 0.4) is 0 Å². The Balaban J connectivity index is 0.662. The minimum Gasteiger partial charge on any atom is -0.508 e. The number of aromatic nitrogens is 1. The highest BCUT2D eigenvalue weighted by Crippen LogP contribution is 2.73. The van der Waals surface area contributed by atoms with Crippen molar-refractivity contribution in [3.8, 4) is 17.2 Å². The van der Waals surface area contributed by atoms with E-state index >= 15 is 0 Å². The van der Waals surface area contributed by atoms with Gasteiger partial charge in [-0.3, -0.25) is 0 Å². The number of nitrogens with two attached hydrogens (primary N) is 2. The van der Waals surface area contributed by atoms with E-state index in [1.165, 1.54) is 81.0 Å². The Hall–Kier alpha value is -4.13. The fraction of sp³-hybridized carbons (Fsp3) is 0.681. The van der Waals surface area contributed by atoms with Crippen LogP contribution >= 0.6 is 21.6 Å². The standard InChI is InChI=1S/C72H104N6O8S2/c1-43-15-21-54-49-31-45(17-22-55(54)57(59(73)36-49)41-87-88-42-62(43)78-70(74)76-51-11-5-9-47(33-51)48-10-6-12-52(82)34-48)19-24-65-50(39-80)35-53(86-65)20-16-46-18-23-63(83)66(32-46)85-40-64(84)61-37-56-68(60(13-8-30-79)75-38-44(2)81)72-28-7-14-67(72)71(26-3-4-27-71)58(25-29-72)69(56)77-61/h6,10,12,18,23,25,29,32,34-35,37,43-45,47,49,51,54-55,57-60,62,64,67-68,75,77,79-84H,3-5,7-9,11,13-17,19-22,24,26-28,30-31,33,36,38-42,73H2,1-2H3,(H3,74,76,78). The summed E-state index contributed by atoms with van der Waals surface area (Å²) in [5, 5.41) is 71.9. The monoisotopic (exact) mass is 1240 g/mol. The van der Waals surface area contributed by atoms with E-state index in [-0.39, 0.29) is 72.4 Å². The van der Waals surface area contributed by atoms with Crippen molar-refractivity contribution in [2.24, 2.45) is 68.7 Å². The molecular weight excluding hydrogens is 1140 g/mol. The number of benzene rings is 2.